The monoisotopic (exact) mass is 442 g/mol. The Bertz CT molecular complexity index is 1040. The highest BCUT2D eigenvalue weighted by Gasteiger charge is 2.19. The molecule has 2 rings (SSSR count). The molecule has 0 aromatic heterocycles. The van der Waals surface area contributed by atoms with Crippen LogP contribution in [0.2, 0.25) is 5.02 Å². The Balaban J connectivity index is 2.17. The minimum Gasteiger partial charge on any atom is -0.376 e. The van der Waals surface area contributed by atoms with Crippen molar-refractivity contribution in [1.29, 1.82) is 0 Å². The SMILES string of the molecule is C[C@H](/C=C/S(C)(=O)=O)NC(=O)c1cc(F)c(N[C@H](C)c2ccccc2Cl)cc1F. The van der Waals surface area contributed by atoms with Gasteiger partial charge in [0.05, 0.1) is 17.3 Å². The van der Waals surface area contributed by atoms with Crippen LogP contribution in [0.4, 0.5) is 14.5 Å². The van der Waals surface area contributed by atoms with Crippen LogP contribution in [0.3, 0.4) is 0 Å². The van der Waals surface area contributed by atoms with Crippen molar-refractivity contribution < 1.29 is 22.0 Å². The lowest BCUT2D eigenvalue weighted by Crippen LogP contribution is -2.32. The molecule has 0 radical (unpaired) electrons. The van der Waals surface area contributed by atoms with Crippen LogP contribution < -0.4 is 10.6 Å². The van der Waals surface area contributed by atoms with Gasteiger partial charge in [0.25, 0.3) is 5.91 Å². The first-order chi connectivity index (χ1) is 13.5. The summed E-state index contributed by atoms with van der Waals surface area (Å²) in [6.45, 7) is 3.25. The third-order valence-corrected chi connectivity index (χ3v) is 5.01. The van der Waals surface area contributed by atoms with Gasteiger partial charge in [0.15, 0.2) is 9.84 Å². The molecule has 156 valence electrons. The summed E-state index contributed by atoms with van der Waals surface area (Å²) in [5.41, 5.74) is 0.108. The Morgan fingerprint density at radius 1 is 1.14 bits per heavy atom. The van der Waals surface area contributed by atoms with Crippen molar-refractivity contribution >= 4 is 33.0 Å². The van der Waals surface area contributed by atoms with Crippen LogP contribution in [0.1, 0.15) is 35.8 Å². The lowest BCUT2D eigenvalue weighted by Gasteiger charge is -2.18. The standard InChI is InChI=1S/C20H21ClF2N2O3S/c1-12(8-9-29(3,27)28)24-20(26)15-10-18(23)19(11-17(15)22)25-13(2)14-6-4-5-7-16(14)21/h4-13,25H,1-3H3,(H,24,26)/b9-8+/t12-,13-/m1/s1. The van der Waals surface area contributed by atoms with Gasteiger partial charge in [-0.3, -0.25) is 4.79 Å². The molecule has 2 aromatic carbocycles. The molecule has 0 aliphatic rings. The predicted octanol–water partition coefficient (Wildman–Crippen LogP) is 4.47. The van der Waals surface area contributed by atoms with Crippen LogP contribution in [-0.4, -0.2) is 26.6 Å². The topological polar surface area (TPSA) is 75.3 Å². The van der Waals surface area contributed by atoms with Gasteiger partial charge >= 0.3 is 0 Å². The molecule has 2 aromatic rings. The number of hydrogen-bond acceptors (Lipinski definition) is 4. The second kappa shape index (κ2) is 9.37. The van der Waals surface area contributed by atoms with Gasteiger partial charge in [0, 0.05) is 28.8 Å². The molecule has 5 nitrogen and oxygen atoms in total. The fourth-order valence-corrected chi connectivity index (χ4v) is 3.38. The molecular weight excluding hydrogens is 422 g/mol. The normalized spacial score (nSPS) is 13.9. The number of rotatable bonds is 7. The first-order valence-corrected chi connectivity index (χ1v) is 11.0. The third-order valence-electron chi connectivity index (χ3n) is 4.02. The van der Waals surface area contributed by atoms with Crippen LogP contribution in [0.25, 0.3) is 0 Å². The minimum atomic E-state index is -3.36. The highest BCUT2D eigenvalue weighted by atomic mass is 35.5. The Morgan fingerprint density at radius 3 is 2.41 bits per heavy atom. The Kier molecular flexibility index (Phi) is 7.37. The molecule has 2 atom stereocenters. The van der Waals surface area contributed by atoms with E-state index in [9.17, 15) is 22.0 Å². The first kappa shape index (κ1) is 22.8. The van der Waals surface area contributed by atoms with Crippen molar-refractivity contribution in [3.8, 4) is 0 Å². The van der Waals surface area contributed by atoms with Crippen molar-refractivity contribution in [3.63, 3.8) is 0 Å². The summed E-state index contributed by atoms with van der Waals surface area (Å²) in [5, 5.41) is 6.65. The average molecular weight is 443 g/mol. The molecule has 0 heterocycles. The largest absolute Gasteiger partial charge is 0.376 e. The van der Waals surface area contributed by atoms with Gasteiger partial charge in [-0.2, -0.15) is 0 Å². The average Bonchev–Trinajstić information content (AvgIpc) is 2.62. The molecule has 29 heavy (non-hydrogen) atoms. The maximum atomic E-state index is 14.5. The quantitative estimate of drug-likeness (QED) is 0.663. The number of carbonyl (C=O) groups is 1. The summed E-state index contributed by atoms with van der Waals surface area (Å²) < 4.78 is 51.1. The summed E-state index contributed by atoms with van der Waals surface area (Å²) >= 11 is 6.12. The van der Waals surface area contributed by atoms with E-state index < -0.39 is 45.0 Å². The molecule has 0 spiro atoms. The van der Waals surface area contributed by atoms with Gasteiger partial charge in [-0.15, -0.1) is 0 Å². The molecule has 9 heteroatoms. The zero-order valence-corrected chi connectivity index (χ0v) is 17.6. The number of amides is 1. The van der Waals surface area contributed by atoms with Crippen molar-refractivity contribution in [1.82, 2.24) is 5.32 Å². The number of benzene rings is 2. The van der Waals surface area contributed by atoms with Crippen LogP contribution in [-0.2, 0) is 9.84 Å². The summed E-state index contributed by atoms with van der Waals surface area (Å²) in [7, 11) is -3.36. The highest BCUT2D eigenvalue weighted by molar-refractivity contribution is 7.93. The van der Waals surface area contributed by atoms with Gasteiger partial charge < -0.3 is 10.6 Å². The minimum absolute atomic E-state index is 0.114. The second-order valence-corrected chi connectivity index (χ2v) is 8.96. The van der Waals surface area contributed by atoms with Gasteiger partial charge in [-0.25, -0.2) is 17.2 Å². The molecule has 0 aliphatic heterocycles. The first-order valence-electron chi connectivity index (χ1n) is 8.67. The molecule has 0 unspecified atom stereocenters. The van der Waals surface area contributed by atoms with E-state index in [0.29, 0.717) is 10.6 Å². The number of hydrogen-bond donors (Lipinski definition) is 2. The lowest BCUT2D eigenvalue weighted by molar-refractivity contribution is 0.0942. The van der Waals surface area contributed by atoms with E-state index in [4.69, 9.17) is 11.6 Å². The summed E-state index contributed by atoms with van der Waals surface area (Å²) in [6, 6.07) is 7.59. The second-order valence-electron chi connectivity index (χ2n) is 6.62. The number of halogens is 3. The predicted molar refractivity (Wildman–Crippen MR) is 111 cm³/mol. The Labute approximate surface area is 173 Å². The van der Waals surface area contributed by atoms with E-state index in [0.717, 1.165) is 23.8 Å². The molecule has 0 bridgehead atoms. The van der Waals surface area contributed by atoms with E-state index in [2.05, 4.69) is 10.6 Å². The van der Waals surface area contributed by atoms with Crippen molar-refractivity contribution in [2.24, 2.45) is 0 Å². The zero-order valence-electron chi connectivity index (χ0n) is 16.0. The molecule has 0 aliphatic carbocycles. The van der Waals surface area contributed by atoms with Crippen LogP contribution >= 0.6 is 11.6 Å². The Hall–Kier alpha value is -2.45. The van der Waals surface area contributed by atoms with E-state index in [1.165, 1.54) is 13.0 Å². The van der Waals surface area contributed by atoms with E-state index in [-0.39, 0.29) is 5.69 Å². The van der Waals surface area contributed by atoms with Crippen molar-refractivity contribution in [2.75, 3.05) is 11.6 Å². The van der Waals surface area contributed by atoms with Gasteiger partial charge in [-0.1, -0.05) is 35.9 Å². The smallest absolute Gasteiger partial charge is 0.254 e. The fraction of sp³-hybridized carbons (Fsp3) is 0.250. The number of nitrogens with one attached hydrogen (secondary N) is 2. The van der Waals surface area contributed by atoms with Crippen molar-refractivity contribution in [2.45, 2.75) is 25.9 Å². The number of carbonyl (C=O) groups excluding carboxylic acids is 1. The Morgan fingerprint density at radius 2 is 1.79 bits per heavy atom. The van der Waals surface area contributed by atoms with Gasteiger partial charge in [-0.05, 0) is 31.5 Å². The molecule has 0 saturated heterocycles. The molecule has 0 saturated carbocycles. The van der Waals surface area contributed by atoms with Crippen molar-refractivity contribution in [3.05, 3.63) is 75.7 Å². The van der Waals surface area contributed by atoms with Crippen LogP contribution in [0.5, 0.6) is 0 Å². The molecule has 1 amide bonds. The molecule has 2 N–H and O–H groups in total. The zero-order chi connectivity index (χ0) is 21.8. The summed E-state index contributed by atoms with van der Waals surface area (Å²) in [6.07, 6.45) is 2.24. The molecule has 0 fully saturated rings. The fourth-order valence-electron chi connectivity index (χ4n) is 2.56. The molecular formula is C20H21ClF2N2O3S. The maximum absolute atomic E-state index is 14.5. The van der Waals surface area contributed by atoms with Gasteiger partial charge in [0.2, 0.25) is 0 Å². The van der Waals surface area contributed by atoms with E-state index >= 15 is 0 Å². The summed E-state index contributed by atoms with van der Waals surface area (Å²) in [5.74, 6) is -2.59. The third kappa shape index (κ3) is 6.54. The summed E-state index contributed by atoms with van der Waals surface area (Å²) in [4.78, 5) is 12.2. The highest BCUT2D eigenvalue weighted by Crippen LogP contribution is 2.28. The lowest BCUT2D eigenvalue weighted by atomic mass is 10.1. The van der Waals surface area contributed by atoms with Crippen LogP contribution in [0.15, 0.2) is 47.9 Å². The van der Waals surface area contributed by atoms with Gasteiger partial charge in [0.1, 0.15) is 11.6 Å². The van der Waals surface area contributed by atoms with E-state index in [1.807, 2.05) is 0 Å². The number of anilines is 1. The van der Waals surface area contributed by atoms with E-state index in [1.54, 1.807) is 31.2 Å². The van der Waals surface area contributed by atoms with Crippen LogP contribution in [0, 0.1) is 11.6 Å². The maximum Gasteiger partial charge on any atom is 0.254 e. The number of sulfone groups is 1.